The molecule has 3 rings (SSSR count). The van der Waals surface area contributed by atoms with Crippen LogP contribution in [-0.2, 0) is 12.0 Å². The molecule has 1 atom stereocenters. The standard InChI is InChI=1S/C17H20O2S/c1-10-11(2)16-13(12(3)15(10)18)7-8-17(4,19-16)14-6-5-9-20-14/h5-6,9,18H,7-8H2,1-4H3. The third kappa shape index (κ3) is 1.84. The minimum absolute atomic E-state index is 0.248. The van der Waals surface area contributed by atoms with Gasteiger partial charge in [-0.15, -0.1) is 11.3 Å². The molecule has 1 unspecified atom stereocenters. The Morgan fingerprint density at radius 3 is 2.60 bits per heavy atom. The summed E-state index contributed by atoms with van der Waals surface area (Å²) >= 11 is 1.75. The molecule has 0 fully saturated rings. The number of phenolic OH excluding ortho intramolecular Hbond substituents is 1. The van der Waals surface area contributed by atoms with Crippen molar-refractivity contribution in [1.82, 2.24) is 0 Å². The topological polar surface area (TPSA) is 29.5 Å². The van der Waals surface area contributed by atoms with Crippen LogP contribution in [0.25, 0.3) is 0 Å². The van der Waals surface area contributed by atoms with Crippen molar-refractivity contribution in [3.05, 3.63) is 44.6 Å². The quantitative estimate of drug-likeness (QED) is 0.829. The van der Waals surface area contributed by atoms with Crippen LogP contribution in [0.5, 0.6) is 11.5 Å². The molecule has 0 spiro atoms. The van der Waals surface area contributed by atoms with Crippen LogP contribution in [0, 0.1) is 20.8 Å². The van der Waals surface area contributed by atoms with Gasteiger partial charge in [-0.3, -0.25) is 0 Å². The van der Waals surface area contributed by atoms with Crippen molar-refractivity contribution in [1.29, 1.82) is 0 Å². The van der Waals surface area contributed by atoms with Gasteiger partial charge in [0.1, 0.15) is 17.1 Å². The number of rotatable bonds is 1. The van der Waals surface area contributed by atoms with E-state index in [4.69, 9.17) is 4.74 Å². The van der Waals surface area contributed by atoms with E-state index < -0.39 is 0 Å². The highest BCUT2D eigenvalue weighted by molar-refractivity contribution is 7.10. The molecule has 3 heteroatoms. The van der Waals surface area contributed by atoms with Gasteiger partial charge >= 0.3 is 0 Å². The first-order chi connectivity index (χ1) is 9.44. The van der Waals surface area contributed by atoms with Crippen molar-refractivity contribution in [3.63, 3.8) is 0 Å². The van der Waals surface area contributed by atoms with Gasteiger partial charge in [-0.2, -0.15) is 0 Å². The van der Waals surface area contributed by atoms with E-state index in [1.54, 1.807) is 11.3 Å². The summed E-state index contributed by atoms with van der Waals surface area (Å²) < 4.78 is 6.41. The first-order valence-corrected chi connectivity index (χ1v) is 7.86. The number of phenols is 1. The number of aromatic hydroxyl groups is 1. The molecule has 2 aromatic rings. The summed E-state index contributed by atoms with van der Waals surface area (Å²) in [6.45, 7) is 8.14. The maximum atomic E-state index is 10.2. The summed E-state index contributed by atoms with van der Waals surface area (Å²) in [5.74, 6) is 1.39. The minimum atomic E-state index is -0.248. The fraction of sp³-hybridized carbons (Fsp3) is 0.412. The van der Waals surface area contributed by atoms with Crippen molar-refractivity contribution in [2.24, 2.45) is 0 Å². The predicted octanol–water partition coefficient (Wildman–Crippen LogP) is 4.62. The van der Waals surface area contributed by atoms with E-state index in [0.29, 0.717) is 5.75 Å². The molecule has 1 N–H and O–H groups in total. The van der Waals surface area contributed by atoms with Gasteiger partial charge in [0.25, 0.3) is 0 Å². The Balaban J connectivity index is 2.13. The summed E-state index contributed by atoms with van der Waals surface area (Å²) in [6, 6.07) is 4.22. The van der Waals surface area contributed by atoms with Crippen LogP contribution in [0.4, 0.5) is 0 Å². The molecule has 2 nitrogen and oxygen atoms in total. The SMILES string of the molecule is Cc1c(C)c2c(c(C)c1O)CCC(C)(c1cccs1)O2. The minimum Gasteiger partial charge on any atom is -0.507 e. The lowest BCUT2D eigenvalue weighted by Gasteiger charge is -2.37. The van der Waals surface area contributed by atoms with E-state index in [-0.39, 0.29) is 5.60 Å². The molecule has 0 saturated heterocycles. The first kappa shape index (κ1) is 13.5. The van der Waals surface area contributed by atoms with Gasteiger partial charge in [-0.25, -0.2) is 0 Å². The normalized spacial score (nSPS) is 21.4. The average Bonchev–Trinajstić information content (AvgIpc) is 2.97. The summed E-state index contributed by atoms with van der Waals surface area (Å²) in [7, 11) is 0. The number of ether oxygens (including phenoxy) is 1. The van der Waals surface area contributed by atoms with E-state index >= 15 is 0 Å². The van der Waals surface area contributed by atoms with Gasteiger partial charge < -0.3 is 9.84 Å². The summed E-state index contributed by atoms with van der Waals surface area (Å²) in [4.78, 5) is 1.27. The highest BCUT2D eigenvalue weighted by atomic mass is 32.1. The Morgan fingerprint density at radius 2 is 1.95 bits per heavy atom. The molecule has 20 heavy (non-hydrogen) atoms. The second-order valence-electron chi connectivity index (χ2n) is 5.84. The molecule has 1 aliphatic heterocycles. The van der Waals surface area contributed by atoms with E-state index in [2.05, 4.69) is 24.4 Å². The summed E-state index contributed by atoms with van der Waals surface area (Å²) in [5, 5.41) is 12.3. The summed E-state index contributed by atoms with van der Waals surface area (Å²) in [6.07, 6.45) is 1.90. The Kier molecular flexibility index (Phi) is 3.05. The van der Waals surface area contributed by atoms with Crippen LogP contribution in [0.2, 0.25) is 0 Å². The highest BCUT2D eigenvalue weighted by Gasteiger charge is 2.36. The molecule has 1 aromatic heterocycles. The molecule has 0 amide bonds. The molecule has 0 aliphatic carbocycles. The smallest absolute Gasteiger partial charge is 0.141 e. The van der Waals surface area contributed by atoms with Crippen LogP contribution >= 0.6 is 11.3 Å². The van der Waals surface area contributed by atoms with Crippen LogP contribution < -0.4 is 4.74 Å². The van der Waals surface area contributed by atoms with Gasteiger partial charge in [-0.05, 0) is 68.7 Å². The fourth-order valence-electron chi connectivity index (χ4n) is 3.00. The van der Waals surface area contributed by atoms with Gasteiger partial charge in [0.05, 0.1) is 0 Å². The Morgan fingerprint density at radius 1 is 1.20 bits per heavy atom. The van der Waals surface area contributed by atoms with Gasteiger partial charge in [0.2, 0.25) is 0 Å². The zero-order chi connectivity index (χ0) is 14.5. The zero-order valence-corrected chi connectivity index (χ0v) is 13.2. The second kappa shape index (κ2) is 4.52. The molecule has 1 aromatic carbocycles. The third-order valence-corrected chi connectivity index (χ3v) is 5.68. The number of thiophene rings is 1. The molecule has 0 bridgehead atoms. The second-order valence-corrected chi connectivity index (χ2v) is 6.79. The Labute approximate surface area is 124 Å². The largest absolute Gasteiger partial charge is 0.507 e. The van der Waals surface area contributed by atoms with Crippen molar-refractivity contribution < 1.29 is 9.84 Å². The molecular formula is C17H20O2S. The zero-order valence-electron chi connectivity index (χ0n) is 12.4. The number of hydrogen-bond acceptors (Lipinski definition) is 3. The van der Waals surface area contributed by atoms with Gasteiger partial charge in [0.15, 0.2) is 0 Å². The molecule has 1 aliphatic rings. The van der Waals surface area contributed by atoms with Crippen molar-refractivity contribution in [3.8, 4) is 11.5 Å². The van der Waals surface area contributed by atoms with Crippen LogP contribution in [0.1, 0.15) is 40.5 Å². The van der Waals surface area contributed by atoms with Crippen molar-refractivity contribution >= 4 is 11.3 Å². The molecule has 106 valence electrons. The fourth-order valence-corrected chi connectivity index (χ4v) is 3.85. The molecule has 0 radical (unpaired) electrons. The molecule has 2 heterocycles. The lowest BCUT2D eigenvalue weighted by atomic mass is 9.86. The number of benzene rings is 1. The number of fused-ring (bicyclic) bond motifs is 1. The highest BCUT2D eigenvalue weighted by Crippen LogP contribution is 2.46. The van der Waals surface area contributed by atoms with E-state index in [0.717, 1.165) is 35.3 Å². The summed E-state index contributed by atoms with van der Waals surface area (Å²) in [5.41, 5.74) is 3.88. The maximum Gasteiger partial charge on any atom is 0.141 e. The lowest BCUT2D eigenvalue weighted by molar-refractivity contribution is 0.0648. The Hall–Kier alpha value is -1.48. The van der Waals surface area contributed by atoms with Crippen molar-refractivity contribution in [2.75, 3.05) is 0 Å². The first-order valence-electron chi connectivity index (χ1n) is 6.98. The number of hydrogen-bond donors (Lipinski definition) is 1. The predicted molar refractivity (Wildman–Crippen MR) is 82.9 cm³/mol. The monoisotopic (exact) mass is 288 g/mol. The van der Waals surface area contributed by atoms with Crippen LogP contribution in [0.3, 0.4) is 0 Å². The lowest BCUT2D eigenvalue weighted by Crippen LogP contribution is -2.33. The van der Waals surface area contributed by atoms with Crippen LogP contribution in [-0.4, -0.2) is 5.11 Å². The van der Waals surface area contributed by atoms with Gasteiger partial charge in [0, 0.05) is 10.4 Å². The Bertz CT molecular complexity index is 658. The van der Waals surface area contributed by atoms with E-state index in [9.17, 15) is 5.11 Å². The van der Waals surface area contributed by atoms with E-state index in [1.807, 2.05) is 20.8 Å². The third-order valence-electron chi connectivity index (χ3n) is 4.56. The van der Waals surface area contributed by atoms with Gasteiger partial charge in [-0.1, -0.05) is 6.07 Å². The molecule has 0 saturated carbocycles. The average molecular weight is 288 g/mol. The molecular weight excluding hydrogens is 268 g/mol. The van der Waals surface area contributed by atoms with Crippen molar-refractivity contribution in [2.45, 2.75) is 46.1 Å². The maximum absolute atomic E-state index is 10.2. The van der Waals surface area contributed by atoms with E-state index in [1.165, 1.54) is 10.4 Å². The van der Waals surface area contributed by atoms with Crippen LogP contribution in [0.15, 0.2) is 17.5 Å².